The highest BCUT2D eigenvalue weighted by Crippen LogP contribution is 2.50. The van der Waals surface area contributed by atoms with Gasteiger partial charge in [0.05, 0.1) is 5.56 Å². The van der Waals surface area contributed by atoms with Crippen molar-refractivity contribution in [3.05, 3.63) is 46.8 Å². The molecule has 0 radical (unpaired) electrons. The van der Waals surface area contributed by atoms with Crippen molar-refractivity contribution >= 4 is 23.2 Å². The molecule has 0 spiro atoms. The highest BCUT2D eigenvalue weighted by atomic mass is 32.1. The van der Waals surface area contributed by atoms with E-state index in [0.29, 0.717) is 18.0 Å². The van der Waals surface area contributed by atoms with E-state index in [1.807, 2.05) is 36.6 Å². The number of carbonyl (C=O) groups excluding carboxylic acids is 2. The SMILES string of the molecule is Cc1cccc(-c2sccc2C(=O)N2CC3C[C@@H]3[C@H]2C(N)=O)c1. The van der Waals surface area contributed by atoms with Crippen LogP contribution in [0.3, 0.4) is 0 Å². The number of nitrogens with two attached hydrogens (primary N) is 1. The minimum Gasteiger partial charge on any atom is -0.368 e. The van der Waals surface area contributed by atoms with Crippen LogP contribution in [0.4, 0.5) is 0 Å². The van der Waals surface area contributed by atoms with Crippen LogP contribution in [0.1, 0.15) is 22.3 Å². The van der Waals surface area contributed by atoms with Crippen LogP contribution in [0.15, 0.2) is 35.7 Å². The number of hydrogen-bond acceptors (Lipinski definition) is 3. The van der Waals surface area contributed by atoms with Gasteiger partial charge in [-0.3, -0.25) is 9.59 Å². The second-order valence-corrected chi connectivity index (χ2v) is 7.41. The van der Waals surface area contributed by atoms with Crippen LogP contribution in [-0.2, 0) is 4.79 Å². The van der Waals surface area contributed by atoms with Crippen LogP contribution in [-0.4, -0.2) is 29.3 Å². The predicted molar refractivity (Wildman–Crippen MR) is 90.1 cm³/mol. The van der Waals surface area contributed by atoms with Crippen molar-refractivity contribution in [3.8, 4) is 10.4 Å². The summed E-state index contributed by atoms with van der Waals surface area (Å²) in [6.07, 6.45) is 1.02. The lowest BCUT2D eigenvalue weighted by atomic mass is 10.1. The number of thiophene rings is 1. The third kappa shape index (κ3) is 2.36. The maximum absolute atomic E-state index is 13.0. The highest BCUT2D eigenvalue weighted by molar-refractivity contribution is 7.14. The van der Waals surface area contributed by atoms with Gasteiger partial charge in [-0.1, -0.05) is 29.8 Å². The molecule has 23 heavy (non-hydrogen) atoms. The Bertz CT molecular complexity index is 798. The quantitative estimate of drug-likeness (QED) is 0.942. The van der Waals surface area contributed by atoms with Gasteiger partial charge in [0.1, 0.15) is 6.04 Å². The molecule has 1 saturated heterocycles. The second kappa shape index (κ2) is 5.20. The van der Waals surface area contributed by atoms with Gasteiger partial charge in [0.15, 0.2) is 0 Å². The first-order chi connectivity index (χ1) is 11.1. The molecule has 1 saturated carbocycles. The Balaban J connectivity index is 1.68. The van der Waals surface area contributed by atoms with Gasteiger partial charge in [0.2, 0.25) is 5.91 Å². The van der Waals surface area contributed by atoms with Gasteiger partial charge in [-0.05, 0) is 42.2 Å². The van der Waals surface area contributed by atoms with Crippen molar-refractivity contribution < 1.29 is 9.59 Å². The molecule has 4 nitrogen and oxygen atoms in total. The summed E-state index contributed by atoms with van der Waals surface area (Å²) in [5.41, 5.74) is 8.41. The van der Waals surface area contributed by atoms with Crippen LogP contribution in [0.25, 0.3) is 10.4 Å². The maximum Gasteiger partial charge on any atom is 0.256 e. The smallest absolute Gasteiger partial charge is 0.256 e. The Morgan fingerprint density at radius 1 is 1.30 bits per heavy atom. The summed E-state index contributed by atoms with van der Waals surface area (Å²) in [7, 11) is 0. The number of likely N-dealkylation sites (tertiary alicyclic amines) is 1. The Hall–Kier alpha value is -2.14. The molecule has 2 N–H and O–H groups in total. The number of fused-ring (bicyclic) bond motifs is 1. The van der Waals surface area contributed by atoms with E-state index < -0.39 is 6.04 Å². The van der Waals surface area contributed by atoms with Gasteiger partial charge in [0, 0.05) is 11.4 Å². The number of primary amides is 1. The number of aryl methyl sites for hydroxylation is 1. The van der Waals surface area contributed by atoms with Gasteiger partial charge < -0.3 is 10.6 Å². The molecular formula is C18H18N2O2S. The fraction of sp³-hybridized carbons (Fsp3) is 0.333. The Kier molecular flexibility index (Phi) is 3.27. The minimum absolute atomic E-state index is 0.0706. The molecule has 118 valence electrons. The molecule has 1 aliphatic heterocycles. The minimum atomic E-state index is -0.433. The van der Waals surface area contributed by atoms with E-state index in [1.54, 1.807) is 16.2 Å². The molecule has 2 aromatic rings. The first-order valence-corrected chi connectivity index (χ1v) is 8.69. The van der Waals surface area contributed by atoms with E-state index in [2.05, 4.69) is 6.07 Å². The van der Waals surface area contributed by atoms with Gasteiger partial charge in [0.25, 0.3) is 5.91 Å². The van der Waals surface area contributed by atoms with Crippen molar-refractivity contribution in [3.63, 3.8) is 0 Å². The zero-order valence-corrected chi connectivity index (χ0v) is 13.7. The van der Waals surface area contributed by atoms with Crippen LogP contribution in [0, 0.1) is 18.8 Å². The van der Waals surface area contributed by atoms with Crippen molar-refractivity contribution in [1.82, 2.24) is 4.90 Å². The molecule has 1 aromatic heterocycles. The third-order valence-electron chi connectivity index (χ3n) is 4.88. The molecule has 2 fully saturated rings. The molecule has 3 atom stereocenters. The van der Waals surface area contributed by atoms with Crippen LogP contribution in [0.5, 0.6) is 0 Å². The number of amides is 2. The lowest BCUT2D eigenvalue weighted by Crippen LogP contribution is -2.46. The average Bonchev–Trinajstić information content (AvgIpc) is 2.98. The van der Waals surface area contributed by atoms with Crippen molar-refractivity contribution in [2.75, 3.05) is 6.54 Å². The monoisotopic (exact) mass is 326 g/mol. The molecule has 1 aromatic carbocycles. The zero-order chi connectivity index (χ0) is 16.1. The molecule has 5 heteroatoms. The molecule has 2 aliphatic rings. The van der Waals surface area contributed by atoms with Crippen LogP contribution < -0.4 is 5.73 Å². The lowest BCUT2D eigenvalue weighted by molar-refractivity contribution is -0.122. The normalized spacial score (nSPS) is 25.3. The summed E-state index contributed by atoms with van der Waals surface area (Å²) in [6.45, 7) is 2.69. The Labute approximate surface area is 138 Å². The van der Waals surface area contributed by atoms with E-state index in [-0.39, 0.29) is 17.7 Å². The summed E-state index contributed by atoms with van der Waals surface area (Å²) in [5.74, 6) is 0.282. The predicted octanol–water partition coefficient (Wildman–Crippen LogP) is 2.67. The van der Waals surface area contributed by atoms with Crippen molar-refractivity contribution in [2.24, 2.45) is 17.6 Å². The maximum atomic E-state index is 13.0. The van der Waals surface area contributed by atoms with E-state index in [9.17, 15) is 9.59 Å². The van der Waals surface area contributed by atoms with Gasteiger partial charge in [-0.15, -0.1) is 11.3 Å². The number of carbonyl (C=O) groups is 2. The lowest BCUT2D eigenvalue weighted by Gasteiger charge is -2.25. The molecule has 4 rings (SSSR count). The van der Waals surface area contributed by atoms with Gasteiger partial charge >= 0.3 is 0 Å². The topological polar surface area (TPSA) is 63.4 Å². The molecule has 0 bridgehead atoms. The summed E-state index contributed by atoms with van der Waals surface area (Å²) in [5, 5.41) is 1.93. The van der Waals surface area contributed by atoms with Crippen LogP contribution >= 0.6 is 11.3 Å². The highest BCUT2D eigenvalue weighted by Gasteiger charge is 2.56. The fourth-order valence-electron chi connectivity index (χ4n) is 3.68. The average molecular weight is 326 g/mol. The third-order valence-corrected chi connectivity index (χ3v) is 5.84. The Morgan fingerprint density at radius 3 is 2.87 bits per heavy atom. The summed E-state index contributed by atoms with van der Waals surface area (Å²) in [6, 6.07) is 9.55. The summed E-state index contributed by atoms with van der Waals surface area (Å²) >= 11 is 1.56. The number of rotatable bonds is 3. The molecule has 1 aliphatic carbocycles. The number of nitrogens with zero attached hydrogens (tertiary/aromatic N) is 1. The summed E-state index contributed by atoms with van der Waals surface area (Å²) < 4.78 is 0. The first kappa shape index (κ1) is 14.5. The Morgan fingerprint density at radius 2 is 2.13 bits per heavy atom. The standard InChI is InChI=1S/C18H18N2O2S/c1-10-3-2-4-11(7-10)16-13(5-6-23-16)18(22)20-9-12-8-14(12)15(20)17(19)21/h2-7,12,14-15H,8-9H2,1H3,(H2,19,21)/t12?,14-,15-/m0/s1. The van der Waals surface area contributed by atoms with E-state index in [4.69, 9.17) is 5.73 Å². The number of hydrogen-bond donors (Lipinski definition) is 1. The number of piperidine rings is 1. The fourth-order valence-corrected chi connectivity index (χ4v) is 4.57. The summed E-state index contributed by atoms with van der Waals surface area (Å²) in [4.78, 5) is 27.4. The van der Waals surface area contributed by atoms with Gasteiger partial charge in [-0.25, -0.2) is 0 Å². The van der Waals surface area contributed by atoms with E-state index in [0.717, 1.165) is 22.4 Å². The second-order valence-electron chi connectivity index (χ2n) is 6.50. The van der Waals surface area contributed by atoms with E-state index in [1.165, 1.54) is 0 Å². The van der Waals surface area contributed by atoms with Crippen LogP contribution in [0.2, 0.25) is 0 Å². The zero-order valence-electron chi connectivity index (χ0n) is 12.9. The van der Waals surface area contributed by atoms with E-state index >= 15 is 0 Å². The molecule has 1 unspecified atom stereocenters. The van der Waals surface area contributed by atoms with Crippen molar-refractivity contribution in [2.45, 2.75) is 19.4 Å². The molecule has 2 amide bonds. The van der Waals surface area contributed by atoms with Gasteiger partial charge in [-0.2, -0.15) is 0 Å². The largest absolute Gasteiger partial charge is 0.368 e. The van der Waals surface area contributed by atoms with Crippen molar-refractivity contribution in [1.29, 1.82) is 0 Å². The molecule has 2 heterocycles. The molecular weight excluding hydrogens is 308 g/mol. The first-order valence-electron chi connectivity index (χ1n) is 7.81. The number of benzene rings is 1.